The van der Waals surface area contributed by atoms with E-state index in [0.29, 0.717) is 31.4 Å². The highest BCUT2D eigenvalue weighted by Crippen LogP contribution is 2.68. The summed E-state index contributed by atoms with van der Waals surface area (Å²) in [5.74, 6) is 1.36. The molecule has 5 nitrogen and oxygen atoms in total. The number of nitrogens with zero attached hydrogens (tertiary/aromatic N) is 1. The predicted molar refractivity (Wildman–Crippen MR) is 123 cm³/mol. The van der Waals surface area contributed by atoms with Crippen molar-refractivity contribution in [2.75, 3.05) is 20.8 Å². The summed E-state index contributed by atoms with van der Waals surface area (Å²) >= 11 is 0. The summed E-state index contributed by atoms with van der Waals surface area (Å²) in [6, 6.07) is 6.61. The molecule has 4 bridgehead atoms. The summed E-state index contributed by atoms with van der Waals surface area (Å²) in [6.07, 6.45) is 6.15. The highest BCUT2D eigenvalue weighted by molar-refractivity contribution is 6.05. The molecule has 3 unspecified atom stereocenters. The van der Waals surface area contributed by atoms with E-state index in [-0.39, 0.29) is 28.6 Å². The fourth-order valence-corrected chi connectivity index (χ4v) is 7.53. The average Bonchev–Trinajstić information content (AvgIpc) is 3.60. The van der Waals surface area contributed by atoms with E-state index in [1.54, 1.807) is 7.11 Å². The Bertz CT molecular complexity index is 955. The lowest BCUT2D eigenvalue weighted by Gasteiger charge is -2.71. The second-order valence-corrected chi connectivity index (χ2v) is 11.2. The van der Waals surface area contributed by atoms with Gasteiger partial charge in [0, 0.05) is 23.9 Å². The molecule has 3 aliphatic carbocycles. The number of hydrogen-bond acceptors (Lipinski definition) is 5. The number of ether oxygens (including phenoxy) is 2. The molecule has 0 N–H and O–H groups in total. The molecule has 5 aliphatic rings. The number of hydrogen-bond donors (Lipinski definition) is 0. The Labute approximate surface area is 191 Å². The number of benzene rings is 1. The Kier molecular flexibility index (Phi) is 5.01. The van der Waals surface area contributed by atoms with Crippen LogP contribution in [0.3, 0.4) is 0 Å². The van der Waals surface area contributed by atoms with Crippen LogP contribution >= 0.6 is 0 Å². The molecule has 174 valence electrons. The maximum atomic E-state index is 13.9. The fraction of sp³-hybridized carbons (Fsp3) is 0.704. The third-order valence-corrected chi connectivity index (χ3v) is 9.73. The number of rotatable bonds is 7. The summed E-state index contributed by atoms with van der Waals surface area (Å²) in [7, 11) is 3.84. The van der Waals surface area contributed by atoms with Crippen molar-refractivity contribution in [3.63, 3.8) is 0 Å². The largest absolute Gasteiger partial charge is 0.497 e. The molecular formula is C27H37NO4. The van der Waals surface area contributed by atoms with Gasteiger partial charge in [-0.1, -0.05) is 32.8 Å². The van der Waals surface area contributed by atoms with E-state index in [1.165, 1.54) is 24.0 Å². The predicted octanol–water partition coefficient (Wildman–Crippen LogP) is 4.30. The smallest absolute Gasteiger partial charge is 0.321 e. The monoisotopic (exact) mass is 439 g/mol. The zero-order chi connectivity index (χ0) is 22.9. The van der Waals surface area contributed by atoms with Crippen molar-refractivity contribution in [1.29, 1.82) is 0 Å². The number of methoxy groups -OCH3 is 1. The van der Waals surface area contributed by atoms with E-state index in [9.17, 15) is 9.59 Å². The lowest BCUT2D eigenvalue weighted by Crippen LogP contribution is -2.78. The highest BCUT2D eigenvalue weighted by atomic mass is 16.5. The van der Waals surface area contributed by atoms with Gasteiger partial charge < -0.3 is 9.47 Å². The molecule has 0 radical (unpaired) electrons. The highest BCUT2D eigenvalue weighted by Gasteiger charge is 2.73. The summed E-state index contributed by atoms with van der Waals surface area (Å²) in [4.78, 5) is 29.8. The van der Waals surface area contributed by atoms with Crippen LogP contribution in [0.5, 0.6) is 5.75 Å². The van der Waals surface area contributed by atoms with Gasteiger partial charge >= 0.3 is 5.97 Å². The van der Waals surface area contributed by atoms with Crippen LogP contribution in [0.1, 0.15) is 70.4 Å². The normalized spacial score (nSPS) is 37.7. The minimum Gasteiger partial charge on any atom is -0.497 e. The standard InChI is InChI=1S/C27H37NO4/c1-6-32-24(30)27(23(29)12-9-17-7-8-17)16-26(3)21-13-18-10-11-19(31-5)14-20(18)25(26,2)15-22(27)28(21)4/h10-11,14,17,21-22H,6-9,12-13,15-16H2,1-5H3/t21?,22?,25-,26+,27?/m0/s1. The molecule has 2 aliphatic heterocycles. The molecule has 2 saturated carbocycles. The van der Waals surface area contributed by atoms with Crippen LogP contribution in [0.25, 0.3) is 0 Å². The van der Waals surface area contributed by atoms with Crippen molar-refractivity contribution < 1.29 is 19.1 Å². The first-order chi connectivity index (χ1) is 15.2. The summed E-state index contributed by atoms with van der Waals surface area (Å²) < 4.78 is 11.2. The quantitative estimate of drug-likeness (QED) is 0.468. The zero-order valence-electron chi connectivity index (χ0n) is 20.2. The molecule has 5 heteroatoms. The SMILES string of the molecule is CCOC(=O)C1(C(=O)CCC2CC2)C[C@]2(C)C3Cc4ccc(OC)cc4[C@]2(C)CC1N3C. The van der Waals surface area contributed by atoms with Crippen LogP contribution < -0.4 is 4.74 Å². The van der Waals surface area contributed by atoms with Gasteiger partial charge in [0.25, 0.3) is 0 Å². The van der Waals surface area contributed by atoms with Crippen LogP contribution in [0.2, 0.25) is 0 Å². The third-order valence-electron chi connectivity index (χ3n) is 9.73. The lowest BCUT2D eigenvalue weighted by atomic mass is 9.39. The van der Waals surface area contributed by atoms with Crippen LogP contribution in [0.15, 0.2) is 18.2 Å². The van der Waals surface area contributed by atoms with Crippen molar-refractivity contribution in [1.82, 2.24) is 4.90 Å². The Morgan fingerprint density at radius 2 is 1.94 bits per heavy atom. The number of carbonyl (C=O) groups is 2. The van der Waals surface area contributed by atoms with Gasteiger partial charge in [0.05, 0.1) is 13.7 Å². The molecule has 5 atom stereocenters. The second-order valence-electron chi connectivity index (χ2n) is 11.2. The minimum atomic E-state index is -1.05. The molecule has 0 spiro atoms. The molecule has 4 fully saturated rings. The van der Waals surface area contributed by atoms with Gasteiger partial charge in [0.1, 0.15) is 11.2 Å². The number of esters is 1. The van der Waals surface area contributed by atoms with Crippen molar-refractivity contribution in [2.45, 2.75) is 83.2 Å². The number of fused-ring (bicyclic) bond motifs is 2. The van der Waals surface area contributed by atoms with Crippen LogP contribution in [0.4, 0.5) is 0 Å². The molecule has 32 heavy (non-hydrogen) atoms. The Morgan fingerprint density at radius 3 is 2.59 bits per heavy atom. The molecule has 1 aromatic rings. The van der Waals surface area contributed by atoms with Crippen molar-refractivity contribution in [3.05, 3.63) is 29.3 Å². The second kappa shape index (κ2) is 7.31. The van der Waals surface area contributed by atoms with E-state index in [1.807, 2.05) is 13.0 Å². The van der Waals surface area contributed by atoms with Gasteiger partial charge in [-0.3, -0.25) is 14.5 Å². The molecular weight excluding hydrogens is 402 g/mol. The van der Waals surface area contributed by atoms with Crippen LogP contribution in [-0.4, -0.2) is 49.5 Å². The Hall–Kier alpha value is -1.88. The zero-order valence-corrected chi connectivity index (χ0v) is 20.2. The molecule has 2 heterocycles. The van der Waals surface area contributed by atoms with Gasteiger partial charge in [0.2, 0.25) is 0 Å². The Balaban J connectivity index is 1.60. The first-order valence-corrected chi connectivity index (χ1v) is 12.3. The molecule has 2 saturated heterocycles. The van der Waals surface area contributed by atoms with Gasteiger partial charge in [0.15, 0.2) is 5.78 Å². The molecule has 0 aromatic heterocycles. The number of ketones is 1. The maximum Gasteiger partial charge on any atom is 0.321 e. The van der Waals surface area contributed by atoms with E-state index in [2.05, 4.69) is 37.9 Å². The number of Topliss-reactive ketones (excluding diaryl/α,β-unsaturated/α-hetero) is 1. The van der Waals surface area contributed by atoms with Crippen molar-refractivity contribution in [3.8, 4) is 5.75 Å². The number of likely N-dealkylation sites (N-methyl/N-ethyl adjacent to an activating group) is 1. The van der Waals surface area contributed by atoms with E-state index in [4.69, 9.17) is 9.47 Å². The molecule has 1 aromatic carbocycles. The summed E-state index contributed by atoms with van der Waals surface area (Å²) in [5.41, 5.74) is 1.31. The van der Waals surface area contributed by atoms with E-state index >= 15 is 0 Å². The average molecular weight is 440 g/mol. The fourth-order valence-electron chi connectivity index (χ4n) is 7.53. The minimum absolute atomic E-state index is 0.109. The molecule has 6 rings (SSSR count). The first-order valence-electron chi connectivity index (χ1n) is 12.3. The summed E-state index contributed by atoms with van der Waals surface area (Å²) in [6.45, 7) is 6.81. The Morgan fingerprint density at radius 1 is 1.19 bits per heavy atom. The van der Waals surface area contributed by atoms with E-state index < -0.39 is 5.41 Å². The number of piperidine rings is 2. The molecule has 0 amide bonds. The van der Waals surface area contributed by atoms with Crippen LogP contribution in [-0.2, 0) is 26.2 Å². The maximum absolute atomic E-state index is 13.9. The van der Waals surface area contributed by atoms with E-state index in [0.717, 1.165) is 25.0 Å². The third kappa shape index (κ3) is 2.79. The lowest BCUT2D eigenvalue weighted by molar-refractivity contribution is -0.208. The van der Waals surface area contributed by atoms with Crippen molar-refractivity contribution in [2.24, 2.45) is 16.7 Å². The van der Waals surface area contributed by atoms with Gasteiger partial charge in [-0.05, 0) is 74.2 Å². The van der Waals surface area contributed by atoms with Gasteiger partial charge in [-0.2, -0.15) is 0 Å². The summed E-state index contributed by atoms with van der Waals surface area (Å²) in [5, 5.41) is 0. The van der Waals surface area contributed by atoms with Gasteiger partial charge in [-0.25, -0.2) is 0 Å². The van der Waals surface area contributed by atoms with Crippen molar-refractivity contribution >= 4 is 11.8 Å². The topological polar surface area (TPSA) is 55.8 Å². The number of carbonyl (C=O) groups excluding carboxylic acids is 2. The van der Waals surface area contributed by atoms with Gasteiger partial charge in [-0.15, -0.1) is 0 Å². The van der Waals surface area contributed by atoms with Crippen LogP contribution in [0, 0.1) is 16.7 Å². The first kappa shape index (κ1) is 21.9.